The second-order valence-electron chi connectivity index (χ2n) is 10.2. The molecule has 168 valence electrons. The van der Waals surface area contributed by atoms with Crippen molar-refractivity contribution in [3.8, 4) is 0 Å². The van der Waals surface area contributed by atoms with Crippen molar-refractivity contribution in [3.63, 3.8) is 0 Å². The lowest BCUT2D eigenvalue weighted by atomic mass is 9.72. The van der Waals surface area contributed by atoms with Crippen LogP contribution in [-0.4, -0.2) is 40.0 Å². The molecular weight excluding hydrogens is 389 g/mol. The molecule has 5 nitrogen and oxygen atoms in total. The first kappa shape index (κ1) is 24.0. The van der Waals surface area contributed by atoms with Crippen molar-refractivity contribution in [1.82, 2.24) is 0 Å². The largest absolute Gasteiger partial charge is 0.481 e. The number of fused-ring (bicyclic) bond motifs is 2. The summed E-state index contributed by atoms with van der Waals surface area (Å²) >= 11 is 0. The molecule has 6 unspecified atom stereocenters. The maximum atomic E-state index is 13.0. The van der Waals surface area contributed by atoms with Crippen LogP contribution in [0.25, 0.3) is 0 Å². The summed E-state index contributed by atoms with van der Waals surface area (Å²) in [6.07, 6.45) is -3.14. The molecule has 0 heterocycles. The molecule has 2 fully saturated rings. The van der Waals surface area contributed by atoms with Crippen LogP contribution in [0.4, 0.5) is 13.2 Å². The van der Waals surface area contributed by atoms with Gasteiger partial charge in [0.1, 0.15) is 6.10 Å². The number of alkyl halides is 3. The maximum absolute atomic E-state index is 13.0. The number of halogens is 3. The lowest BCUT2D eigenvalue weighted by Gasteiger charge is -2.36. The lowest BCUT2D eigenvalue weighted by molar-refractivity contribution is -0.259. The summed E-state index contributed by atoms with van der Waals surface area (Å²) in [5.41, 5.74) is -4.73. The molecule has 0 radical (unpaired) electrons. The third-order valence-corrected chi connectivity index (χ3v) is 7.15. The van der Waals surface area contributed by atoms with Crippen LogP contribution in [0.5, 0.6) is 0 Å². The number of carbonyl (C=O) groups is 2. The summed E-state index contributed by atoms with van der Waals surface area (Å²) in [5.74, 6) is -1.68. The monoisotopic (exact) mass is 422 g/mol. The molecule has 2 aliphatic rings. The van der Waals surface area contributed by atoms with Gasteiger partial charge in [-0.15, -0.1) is 0 Å². The molecular formula is C21H33F3O5. The van der Waals surface area contributed by atoms with E-state index in [1.54, 1.807) is 27.7 Å². The molecule has 0 aromatic carbocycles. The number of aliphatic hydroxyl groups is 1. The van der Waals surface area contributed by atoms with Gasteiger partial charge < -0.3 is 14.9 Å². The van der Waals surface area contributed by atoms with E-state index in [1.807, 2.05) is 0 Å². The normalized spacial score (nSPS) is 31.2. The molecule has 2 aliphatic carbocycles. The Morgan fingerprint density at radius 3 is 2.03 bits per heavy atom. The van der Waals surface area contributed by atoms with Gasteiger partial charge in [0.05, 0.1) is 10.8 Å². The minimum Gasteiger partial charge on any atom is -0.481 e. The molecule has 2 N–H and O–H groups in total. The first-order valence-electron chi connectivity index (χ1n) is 10.3. The minimum atomic E-state index is -4.67. The van der Waals surface area contributed by atoms with Crippen LogP contribution in [-0.2, 0) is 14.3 Å². The van der Waals surface area contributed by atoms with Crippen molar-refractivity contribution < 1.29 is 37.7 Å². The summed E-state index contributed by atoms with van der Waals surface area (Å²) in [6.45, 7) is 7.53. The fourth-order valence-electron chi connectivity index (χ4n) is 5.06. The number of ether oxygens (including phenoxy) is 1. The van der Waals surface area contributed by atoms with Crippen molar-refractivity contribution in [2.24, 2.45) is 28.6 Å². The molecule has 6 atom stereocenters. The van der Waals surface area contributed by atoms with Crippen LogP contribution >= 0.6 is 0 Å². The standard InChI is InChI=1S/C21H33F3O5/c1-6-19(4,16(25)26)11-18(2,3)17(27)29-15-9-12-7-13(15)8-14(12)10-20(5,28)21(22,23)24/h12-15,28H,6-11H2,1-5H3,(H,25,26). The topological polar surface area (TPSA) is 83.8 Å². The highest BCUT2D eigenvalue weighted by Gasteiger charge is 2.55. The number of carboxylic acid groups (broad SMARTS) is 1. The third-order valence-electron chi connectivity index (χ3n) is 7.15. The molecule has 0 amide bonds. The quantitative estimate of drug-likeness (QED) is 0.560. The summed E-state index contributed by atoms with van der Waals surface area (Å²) in [6, 6.07) is 0. The lowest BCUT2D eigenvalue weighted by Crippen LogP contribution is -2.45. The number of rotatable bonds is 8. The summed E-state index contributed by atoms with van der Waals surface area (Å²) in [5, 5.41) is 19.2. The Bertz CT molecular complexity index is 643. The fraction of sp³-hybridized carbons (Fsp3) is 0.905. The van der Waals surface area contributed by atoms with Crippen LogP contribution in [0, 0.1) is 28.6 Å². The molecule has 0 spiro atoms. The number of carbonyl (C=O) groups excluding carboxylic acids is 1. The Morgan fingerprint density at radius 1 is 1.03 bits per heavy atom. The van der Waals surface area contributed by atoms with E-state index in [9.17, 15) is 33.0 Å². The third kappa shape index (κ3) is 4.89. The fourth-order valence-corrected chi connectivity index (χ4v) is 5.06. The summed E-state index contributed by atoms with van der Waals surface area (Å²) in [7, 11) is 0. The Balaban J connectivity index is 1.96. The zero-order valence-electron chi connectivity index (χ0n) is 17.8. The van der Waals surface area contributed by atoms with Crippen molar-refractivity contribution in [2.75, 3.05) is 0 Å². The van der Waals surface area contributed by atoms with Gasteiger partial charge in [-0.25, -0.2) is 0 Å². The second kappa shape index (κ2) is 7.75. The predicted molar refractivity (Wildman–Crippen MR) is 99.9 cm³/mol. The average Bonchev–Trinajstić information content (AvgIpc) is 3.12. The average molecular weight is 422 g/mol. The van der Waals surface area contributed by atoms with Crippen molar-refractivity contribution in [2.45, 2.75) is 91.0 Å². The predicted octanol–water partition coefficient (Wildman–Crippen LogP) is 4.56. The van der Waals surface area contributed by atoms with Crippen LogP contribution in [0.2, 0.25) is 0 Å². The smallest absolute Gasteiger partial charge is 0.416 e. The van der Waals surface area contributed by atoms with Crippen molar-refractivity contribution in [3.05, 3.63) is 0 Å². The van der Waals surface area contributed by atoms with E-state index in [1.165, 1.54) is 0 Å². The number of aliphatic carboxylic acids is 1. The van der Waals surface area contributed by atoms with E-state index in [0.717, 1.165) is 6.92 Å². The highest BCUT2D eigenvalue weighted by Crippen LogP contribution is 2.53. The zero-order chi connectivity index (χ0) is 22.4. The number of esters is 1. The SMILES string of the molecule is CCC(C)(CC(C)(C)C(=O)OC1CC2CC1CC2CC(C)(O)C(F)(F)F)C(=O)O. The molecule has 2 saturated carbocycles. The van der Waals surface area contributed by atoms with E-state index >= 15 is 0 Å². The van der Waals surface area contributed by atoms with Crippen LogP contribution < -0.4 is 0 Å². The van der Waals surface area contributed by atoms with Gasteiger partial charge in [0.15, 0.2) is 5.60 Å². The second-order valence-corrected chi connectivity index (χ2v) is 10.2. The number of hydrogen-bond acceptors (Lipinski definition) is 4. The van der Waals surface area contributed by atoms with E-state index < -0.39 is 34.5 Å². The molecule has 2 bridgehead atoms. The highest BCUT2D eigenvalue weighted by molar-refractivity contribution is 5.79. The Hall–Kier alpha value is -1.31. The zero-order valence-corrected chi connectivity index (χ0v) is 17.8. The molecule has 0 aliphatic heterocycles. The molecule has 2 rings (SSSR count). The Morgan fingerprint density at radius 2 is 1.62 bits per heavy atom. The first-order chi connectivity index (χ1) is 13.0. The van der Waals surface area contributed by atoms with Crippen molar-refractivity contribution in [1.29, 1.82) is 0 Å². The Labute approximate surface area is 170 Å². The van der Waals surface area contributed by atoms with E-state index in [4.69, 9.17) is 4.74 Å². The van der Waals surface area contributed by atoms with E-state index in [0.29, 0.717) is 25.7 Å². The van der Waals surface area contributed by atoms with Gasteiger partial charge in [-0.05, 0) is 84.0 Å². The highest BCUT2D eigenvalue weighted by atomic mass is 19.4. The molecule has 0 aromatic rings. The van der Waals surface area contributed by atoms with Gasteiger partial charge in [0, 0.05) is 0 Å². The summed E-state index contributed by atoms with van der Waals surface area (Å²) < 4.78 is 44.6. The van der Waals surface area contributed by atoms with E-state index in [-0.39, 0.29) is 36.7 Å². The molecule has 29 heavy (non-hydrogen) atoms. The van der Waals surface area contributed by atoms with Crippen molar-refractivity contribution >= 4 is 11.9 Å². The van der Waals surface area contributed by atoms with Gasteiger partial charge in [-0.2, -0.15) is 13.2 Å². The van der Waals surface area contributed by atoms with Gasteiger partial charge >= 0.3 is 18.1 Å². The minimum absolute atomic E-state index is 0.00494. The maximum Gasteiger partial charge on any atom is 0.416 e. The van der Waals surface area contributed by atoms with E-state index in [2.05, 4.69) is 0 Å². The van der Waals surface area contributed by atoms with Gasteiger partial charge in [0.25, 0.3) is 0 Å². The molecule has 8 heteroatoms. The molecule has 0 saturated heterocycles. The Kier molecular flexibility index (Phi) is 6.40. The number of hydrogen-bond donors (Lipinski definition) is 2. The van der Waals surface area contributed by atoms with Crippen LogP contribution in [0.1, 0.15) is 73.1 Å². The van der Waals surface area contributed by atoms with Gasteiger partial charge in [-0.3, -0.25) is 9.59 Å². The number of carboxylic acids is 1. The summed E-state index contributed by atoms with van der Waals surface area (Å²) in [4.78, 5) is 24.3. The van der Waals surface area contributed by atoms with Gasteiger partial charge in [-0.1, -0.05) is 6.92 Å². The van der Waals surface area contributed by atoms with Gasteiger partial charge in [0.2, 0.25) is 0 Å². The first-order valence-corrected chi connectivity index (χ1v) is 10.3. The van der Waals surface area contributed by atoms with Crippen LogP contribution in [0.15, 0.2) is 0 Å². The van der Waals surface area contributed by atoms with Crippen LogP contribution in [0.3, 0.4) is 0 Å². The molecule has 0 aromatic heterocycles.